The van der Waals surface area contributed by atoms with Crippen LogP contribution in [0.4, 0.5) is 0 Å². The lowest BCUT2D eigenvalue weighted by Gasteiger charge is -2.41. The maximum Gasteiger partial charge on any atom is 0.104 e. The molecule has 3 atom stereocenters. The van der Waals surface area contributed by atoms with E-state index in [1.807, 2.05) is 6.07 Å². The minimum Gasteiger partial charge on any atom is -0.469 e. The third kappa shape index (κ3) is 3.17. The Balaban J connectivity index is 2.04. The van der Waals surface area contributed by atoms with Gasteiger partial charge in [0.2, 0.25) is 0 Å². The maximum atomic E-state index is 5.52. The summed E-state index contributed by atoms with van der Waals surface area (Å²) >= 11 is 0. The van der Waals surface area contributed by atoms with Crippen LogP contribution in [0.1, 0.15) is 45.8 Å². The van der Waals surface area contributed by atoms with Crippen LogP contribution >= 0.6 is 0 Å². The van der Waals surface area contributed by atoms with Crippen molar-refractivity contribution in [2.24, 2.45) is 17.3 Å². The van der Waals surface area contributed by atoms with Crippen molar-refractivity contribution in [3.63, 3.8) is 0 Å². The van der Waals surface area contributed by atoms with E-state index in [-0.39, 0.29) is 0 Å². The standard InChI is InChI=1S/C16H27NO/c1-16(2,3)13-7-8-15(17-4)12(10-13)11-14-6-5-9-18-14/h5-6,9,12-13,15,17H,7-8,10-11H2,1-4H3. The minimum absolute atomic E-state index is 0.431. The van der Waals surface area contributed by atoms with Crippen molar-refractivity contribution in [1.29, 1.82) is 0 Å². The SMILES string of the molecule is CNC1CCC(C(C)(C)C)CC1Cc1ccco1. The Morgan fingerprint density at radius 3 is 2.67 bits per heavy atom. The van der Waals surface area contributed by atoms with E-state index in [4.69, 9.17) is 4.42 Å². The lowest BCUT2D eigenvalue weighted by atomic mass is 9.66. The van der Waals surface area contributed by atoms with Crippen LogP contribution in [0.15, 0.2) is 22.8 Å². The van der Waals surface area contributed by atoms with E-state index in [2.05, 4.69) is 39.2 Å². The zero-order valence-corrected chi connectivity index (χ0v) is 12.2. The molecule has 0 amide bonds. The molecular formula is C16H27NO. The van der Waals surface area contributed by atoms with Crippen molar-refractivity contribution in [2.45, 2.75) is 52.5 Å². The van der Waals surface area contributed by atoms with Crippen LogP contribution < -0.4 is 5.32 Å². The highest BCUT2D eigenvalue weighted by molar-refractivity contribution is 5.02. The maximum absolute atomic E-state index is 5.52. The molecule has 1 fully saturated rings. The van der Waals surface area contributed by atoms with Crippen LogP contribution in [-0.2, 0) is 6.42 Å². The first-order chi connectivity index (χ1) is 8.50. The summed E-state index contributed by atoms with van der Waals surface area (Å²) in [6.07, 6.45) is 6.82. The summed E-state index contributed by atoms with van der Waals surface area (Å²) in [6.45, 7) is 7.13. The van der Waals surface area contributed by atoms with E-state index in [1.165, 1.54) is 19.3 Å². The molecule has 0 saturated heterocycles. The molecule has 2 heteroatoms. The van der Waals surface area contributed by atoms with Gasteiger partial charge in [-0.25, -0.2) is 0 Å². The van der Waals surface area contributed by atoms with Gasteiger partial charge < -0.3 is 9.73 Å². The normalized spacial score (nSPS) is 29.4. The fourth-order valence-electron chi connectivity index (χ4n) is 3.34. The Kier molecular flexibility index (Phi) is 4.16. The van der Waals surface area contributed by atoms with Gasteiger partial charge >= 0.3 is 0 Å². The number of nitrogens with one attached hydrogen (secondary N) is 1. The van der Waals surface area contributed by atoms with Gasteiger partial charge in [-0.3, -0.25) is 0 Å². The first kappa shape index (κ1) is 13.7. The molecule has 1 saturated carbocycles. The number of furan rings is 1. The zero-order chi connectivity index (χ0) is 13.2. The molecule has 1 aromatic heterocycles. The van der Waals surface area contributed by atoms with Crippen molar-refractivity contribution < 1.29 is 4.42 Å². The Morgan fingerprint density at radius 1 is 1.33 bits per heavy atom. The molecule has 1 aromatic rings. The molecule has 0 spiro atoms. The van der Waals surface area contributed by atoms with Gasteiger partial charge in [0.25, 0.3) is 0 Å². The highest BCUT2D eigenvalue weighted by Crippen LogP contribution is 2.41. The molecule has 0 aromatic carbocycles. The summed E-state index contributed by atoms with van der Waals surface area (Å²) < 4.78 is 5.52. The van der Waals surface area contributed by atoms with E-state index in [0.29, 0.717) is 17.4 Å². The second-order valence-electron chi connectivity index (χ2n) is 6.81. The highest BCUT2D eigenvalue weighted by atomic mass is 16.3. The summed E-state index contributed by atoms with van der Waals surface area (Å²) in [7, 11) is 2.09. The Labute approximate surface area is 111 Å². The van der Waals surface area contributed by atoms with Gasteiger partial charge in [-0.2, -0.15) is 0 Å². The van der Waals surface area contributed by atoms with Crippen LogP contribution in [0.5, 0.6) is 0 Å². The number of hydrogen-bond acceptors (Lipinski definition) is 2. The van der Waals surface area contributed by atoms with E-state index in [1.54, 1.807) is 6.26 Å². The van der Waals surface area contributed by atoms with Crippen molar-refractivity contribution >= 4 is 0 Å². The molecule has 2 rings (SSSR count). The van der Waals surface area contributed by atoms with E-state index in [9.17, 15) is 0 Å². The van der Waals surface area contributed by atoms with Crippen molar-refractivity contribution in [2.75, 3.05) is 7.05 Å². The predicted octanol–water partition coefficient (Wildman–Crippen LogP) is 3.87. The topological polar surface area (TPSA) is 25.2 Å². The highest BCUT2D eigenvalue weighted by Gasteiger charge is 2.35. The summed E-state index contributed by atoms with van der Waals surface area (Å²) in [6, 6.07) is 4.75. The molecule has 102 valence electrons. The van der Waals surface area contributed by atoms with Crippen molar-refractivity contribution in [1.82, 2.24) is 5.32 Å². The molecule has 0 radical (unpaired) electrons. The second kappa shape index (κ2) is 5.48. The number of rotatable bonds is 3. The molecular weight excluding hydrogens is 222 g/mol. The zero-order valence-electron chi connectivity index (χ0n) is 12.2. The number of hydrogen-bond donors (Lipinski definition) is 1. The Morgan fingerprint density at radius 2 is 2.11 bits per heavy atom. The molecule has 3 unspecified atom stereocenters. The van der Waals surface area contributed by atoms with Crippen LogP contribution in [0.2, 0.25) is 0 Å². The average molecular weight is 249 g/mol. The van der Waals surface area contributed by atoms with E-state index < -0.39 is 0 Å². The quantitative estimate of drug-likeness (QED) is 0.879. The average Bonchev–Trinajstić information content (AvgIpc) is 2.80. The third-order valence-corrected chi connectivity index (χ3v) is 4.62. The molecule has 0 bridgehead atoms. The summed E-state index contributed by atoms with van der Waals surface area (Å²) in [5.41, 5.74) is 0.431. The van der Waals surface area contributed by atoms with Gasteiger partial charge in [0.05, 0.1) is 6.26 Å². The van der Waals surface area contributed by atoms with Crippen LogP contribution in [0.3, 0.4) is 0 Å². The molecule has 18 heavy (non-hydrogen) atoms. The third-order valence-electron chi connectivity index (χ3n) is 4.62. The van der Waals surface area contributed by atoms with E-state index in [0.717, 1.165) is 18.1 Å². The van der Waals surface area contributed by atoms with Crippen LogP contribution in [-0.4, -0.2) is 13.1 Å². The largest absolute Gasteiger partial charge is 0.469 e. The molecule has 1 N–H and O–H groups in total. The first-order valence-corrected chi connectivity index (χ1v) is 7.20. The van der Waals surface area contributed by atoms with Gasteiger partial charge in [0.1, 0.15) is 5.76 Å². The molecule has 1 aliphatic rings. The molecule has 1 heterocycles. The Bertz CT molecular complexity index is 350. The monoisotopic (exact) mass is 249 g/mol. The van der Waals surface area contributed by atoms with Gasteiger partial charge in [0.15, 0.2) is 0 Å². The smallest absolute Gasteiger partial charge is 0.104 e. The fraction of sp³-hybridized carbons (Fsp3) is 0.750. The Hall–Kier alpha value is -0.760. The first-order valence-electron chi connectivity index (χ1n) is 7.20. The predicted molar refractivity (Wildman–Crippen MR) is 75.5 cm³/mol. The van der Waals surface area contributed by atoms with Crippen LogP contribution in [0.25, 0.3) is 0 Å². The molecule has 0 aliphatic heterocycles. The lowest BCUT2D eigenvalue weighted by Crippen LogP contribution is -2.42. The lowest BCUT2D eigenvalue weighted by molar-refractivity contribution is 0.114. The van der Waals surface area contributed by atoms with Gasteiger partial charge in [-0.1, -0.05) is 20.8 Å². The minimum atomic E-state index is 0.431. The van der Waals surface area contributed by atoms with Crippen molar-refractivity contribution in [3.8, 4) is 0 Å². The fourth-order valence-corrected chi connectivity index (χ4v) is 3.34. The molecule has 2 nitrogen and oxygen atoms in total. The van der Waals surface area contributed by atoms with Gasteiger partial charge in [-0.05, 0) is 55.7 Å². The van der Waals surface area contributed by atoms with Crippen molar-refractivity contribution in [3.05, 3.63) is 24.2 Å². The molecule has 1 aliphatic carbocycles. The summed E-state index contributed by atoms with van der Waals surface area (Å²) in [5, 5.41) is 3.50. The van der Waals surface area contributed by atoms with Crippen LogP contribution in [0, 0.1) is 17.3 Å². The van der Waals surface area contributed by atoms with Gasteiger partial charge in [-0.15, -0.1) is 0 Å². The van der Waals surface area contributed by atoms with E-state index >= 15 is 0 Å². The summed E-state index contributed by atoms with van der Waals surface area (Å²) in [4.78, 5) is 0. The summed E-state index contributed by atoms with van der Waals surface area (Å²) in [5.74, 6) is 2.68. The van der Waals surface area contributed by atoms with Gasteiger partial charge in [0, 0.05) is 12.5 Å². The second-order valence-corrected chi connectivity index (χ2v) is 6.81.